The van der Waals surface area contributed by atoms with E-state index in [1.165, 1.54) is 0 Å². The second kappa shape index (κ2) is 12.9. The van der Waals surface area contributed by atoms with E-state index in [-0.39, 0.29) is 6.10 Å². The minimum Gasteiger partial charge on any atom is -0.489 e. The zero-order valence-electron chi connectivity index (χ0n) is 25.1. The number of hydrogen-bond donors (Lipinski definition) is 0. The topological polar surface area (TPSA) is 89.6 Å². The van der Waals surface area contributed by atoms with Gasteiger partial charge < -0.3 is 19.1 Å². The Morgan fingerprint density at radius 3 is 2.33 bits per heavy atom. The molecule has 45 heavy (non-hydrogen) atoms. The second-order valence-corrected chi connectivity index (χ2v) is 12.7. The molecule has 0 bridgehead atoms. The molecule has 0 spiro atoms. The highest BCUT2D eigenvalue weighted by atomic mass is 32.2. The minimum atomic E-state index is -1.55. The molecule has 5 aromatic rings. The molecule has 0 radical (unpaired) electrons. The van der Waals surface area contributed by atoms with Gasteiger partial charge in [0.05, 0.1) is 42.6 Å². The summed E-state index contributed by atoms with van der Waals surface area (Å²) in [6.07, 6.45) is 3.38. The van der Waals surface area contributed by atoms with Gasteiger partial charge in [-0.15, -0.1) is 0 Å². The van der Waals surface area contributed by atoms with Crippen LogP contribution in [0.4, 0.5) is 5.69 Å². The van der Waals surface area contributed by atoms with Gasteiger partial charge in [0.25, 0.3) is 0 Å². The van der Waals surface area contributed by atoms with Gasteiger partial charge in [-0.1, -0.05) is 35.9 Å². The van der Waals surface area contributed by atoms with Crippen molar-refractivity contribution in [3.05, 3.63) is 96.2 Å². The van der Waals surface area contributed by atoms with Crippen LogP contribution in [0, 0.1) is 18.3 Å². The van der Waals surface area contributed by atoms with Crippen LogP contribution < -0.4 is 9.64 Å². The normalized spacial score (nSPS) is 16.4. The molecule has 0 N–H and O–H groups in total. The maximum Gasteiger partial charge on any atom is 0.158 e. The summed E-state index contributed by atoms with van der Waals surface area (Å²) >= 11 is 0. The van der Waals surface area contributed by atoms with Crippen LogP contribution >= 0.6 is 0 Å². The van der Waals surface area contributed by atoms with Gasteiger partial charge in [-0.05, 0) is 72.1 Å². The van der Waals surface area contributed by atoms with E-state index in [0.717, 1.165) is 78.2 Å². The Bertz CT molecular complexity index is 1880. The average Bonchev–Trinajstić information content (AvgIpc) is 3.49. The predicted octanol–water partition coefficient (Wildman–Crippen LogP) is 6.52. The Morgan fingerprint density at radius 2 is 1.60 bits per heavy atom. The Labute approximate surface area is 265 Å². The Kier molecular flexibility index (Phi) is 8.35. The molecule has 8 nitrogen and oxygen atoms in total. The Hall–Kier alpha value is -4.49. The van der Waals surface area contributed by atoms with Gasteiger partial charge in [-0.25, -0.2) is 13.2 Å². The number of morpholine rings is 1. The standard InChI is InChI=1S/C36H34N4O4S/c1-25-2-9-31(10-3-25)45(41)40-34(26-4-7-29(8-5-26)39-16-20-43-21-17-39)23-33-32(12-15-38-36(33)40)27-6-11-35(28(22-27)24-37)44-30-13-18-42-19-14-30/h2-12,15,22-23,30H,13-14,16-21H2,1H3. The van der Waals surface area contributed by atoms with Crippen molar-refractivity contribution in [2.24, 2.45) is 0 Å². The van der Waals surface area contributed by atoms with Crippen molar-refractivity contribution >= 4 is 27.7 Å². The molecule has 3 aromatic carbocycles. The van der Waals surface area contributed by atoms with E-state index in [4.69, 9.17) is 19.2 Å². The van der Waals surface area contributed by atoms with E-state index in [1.54, 1.807) is 6.20 Å². The van der Waals surface area contributed by atoms with Crippen molar-refractivity contribution in [3.8, 4) is 34.2 Å². The quantitative estimate of drug-likeness (QED) is 0.205. The zero-order chi connectivity index (χ0) is 30.8. The van der Waals surface area contributed by atoms with E-state index in [1.807, 2.05) is 59.4 Å². The first kappa shape index (κ1) is 29.2. The van der Waals surface area contributed by atoms with Crippen LogP contribution in [0.5, 0.6) is 5.75 Å². The largest absolute Gasteiger partial charge is 0.489 e. The Morgan fingerprint density at radius 1 is 0.889 bits per heavy atom. The lowest BCUT2D eigenvalue weighted by atomic mass is 10.0. The van der Waals surface area contributed by atoms with Crippen LogP contribution in [0.1, 0.15) is 24.0 Å². The lowest BCUT2D eigenvalue weighted by Crippen LogP contribution is -2.36. The molecule has 2 aliphatic heterocycles. The lowest BCUT2D eigenvalue weighted by molar-refractivity contribution is 0.0254. The fraction of sp³-hybridized carbons (Fsp3) is 0.278. The minimum absolute atomic E-state index is 0.0345. The van der Waals surface area contributed by atoms with Crippen LogP contribution in [-0.4, -0.2) is 58.8 Å². The van der Waals surface area contributed by atoms with Crippen molar-refractivity contribution in [2.45, 2.75) is 30.8 Å². The highest BCUT2D eigenvalue weighted by Gasteiger charge is 2.22. The Balaban J connectivity index is 1.32. The van der Waals surface area contributed by atoms with Gasteiger partial charge in [0, 0.05) is 43.2 Å². The van der Waals surface area contributed by atoms with E-state index >= 15 is 0 Å². The molecule has 7 rings (SSSR count). The highest BCUT2D eigenvalue weighted by molar-refractivity contribution is 7.83. The van der Waals surface area contributed by atoms with Crippen molar-refractivity contribution in [1.82, 2.24) is 8.96 Å². The molecular weight excluding hydrogens is 584 g/mol. The zero-order valence-corrected chi connectivity index (χ0v) is 26.0. The third-order valence-electron chi connectivity index (χ3n) is 8.46. The van der Waals surface area contributed by atoms with Crippen LogP contribution in [0.3, 0.4) is 0 Å². The maximum atomic E-state index is 14.3. The van der Waals surface area contributed by atoms with E-state index < -0.39 is 11.0 Å². The molecule has 2 saturated heterocycles. The summed E-state index contributed by atoms with van der Waals surface area (Å²) in [6, 6.07) is 28.2. The average molecular weight is 619 g/mol. The SMILES string of the molecule is Cc1ccc(S(=O)n2c(-c3ccc(N4CCOCC4)cc3)cc3c(-c4ccc(OC5CCOCC5)c(C#N)c4)ccnc32)cc1. The molecule has 1 unspecified atom stereocenters. The van der Waals surface area contributed by atoms with Crippen LogP contribution in [-0.2, 0) is 20.5 Å². The first-order valence-electron chi connectivity index (χ1n) is 15.3. The maximum absolute atomic E-state index is 14.3. The number of benzene rings is 3. The molecule has 4 heterocycles. The predicted molar refractivity (Wildman–Crippen MR) is 176 cm³/mol. The van der Waals surface area contributed by atoms with Crippen LogP contribution in [0.25, 0.3) is 33.4 Å². The molecule has 0 amide bonds. The summed E-state index contributed by atoms with van der Waals surface area (Å²) < 4.78 is 33.3. The number of hydrogen-bond acceptors (Lipinski definition) is 7. The number of ether oxygens (including phenoxy) is 3. The summed E-state index contributed by atoms with van der Waals surface area (Å²) in [4.78, 5) is 7.76. The molecule has 0 saturated carbocycles. The number of pyridine rings is 1. The van der Waals surface area contributed by atoms with Gasteiger partial charge in [-0.3, -0.25) is 0 Å². The first-order chi connectivity index (χ1) is 22.1. The van der Waals surface area contributed by atoms with Crippen LogP contribution in [0.2, 0.25) is 0 Å². The highest BCUT2D eigenvalue weighted by Crippen LogP contribution is 2.37. The van der Waals surface area contributed by atoms with Gasteiger partial charge >= 0.3 is 0 Å². The van der Waals surface area contributed by atoms with Gasteiger partial charge in [0.2, 0.25) is 0 Å². The molecular formula is C36H34N4O4S. The summed E-state index contributed by atoms with van der Waals surface area (Å²) in [6.45, 7) is 6.49. The van der Waals surface area contributed by atoms with Crippen molar-refractivity contribution in [1.29, 1.82) is 5.26 Å². The van der Waals surface area contributed by atoms with E-state index in [9.17, 15) is 9.47 Å². The van der Waals surface area contributed by atoms with Gasteiger partial charge in [0.1, 0.15) is 17.9 Å². The smallest absolute Gasteiger partial charge is 0.158 e. The number of rotatable bonds is 7. The van der Waals surface area contributed by atoms with Gasteiger partial charge in [0.15, 0.2) is 16.6 Å². The van der Waals surface area contributed by atoms with Gasteiger partial charge in [-0.2, -0.15) is 5.26 Å². The monoisotopic (exact) mass is 618 g/mol. The first-order valence-corrected chi connectivity index (χ1v) is 16.4. The molecule has 1 atom stereocenters. The molecule has 0 aliphatic carbocycles. The number of nitrogens with zero attached hydrogens (tertiary/aromatic N) is 4. The molecule has 2 fully saturated rings. The third-order valence-corrected chi connectivity index (χ3v) is 9.84. The van der Waals surface area contributed by atoms with E-state index in [2.05, 4.69) is 41.3 Å². The number of aromatic nitrogens is 2. The fourth-order valence-electron chi connectivity index (χ4n) is 5.98. The van der Waals surface area contributed by atoms with Crippen molar-refractivity contribution < 1.29 is 18.4 Å². The van der Waals surface area contributed by atoms with Crippen molar-refractivity contribution in [2.75, 3.05) is 44.4 Å². The van der Waals surface area contributed by atoms with Crippen molar-refractivity contribution in [3.63, 3.8) is 0 Å². The number of fused-ring (bicyclic) bond motifs is 1. The molecule has 2 aliphatic rings. The summed E-state index contributed by atoms with van der Waals surface area (Å²) in [5.74, 6) is 0.581. The lowest BCUT2D eigenvalue weighted by Gasteiger charge is -2.28. The summed E-state index contributed by atoms with van der Waals surface area (Å²) in [5.41, 5.74) is 6.84. The van der Waals surface area contributed by atoms with Crippen LogP contribution in [0.15, 0.2) is 90.0 Å². The molecule has 228 valence electrons. The summed E-state index contributed by atoms with van der Waals surface area (Å²) in [5, 5.41) is 10.9. The fourth-order valence-corrected chi connectivity index (χ4v) is 7.20. The second-order valence-electron chi connectivity index (χ2n) is 11.4. The number of anilines is 1. The molecule has 2 aromatic heterocycles. The van der Waals surface area contributed by atoms with E-state index in [0.29, 0.717) is 35.1 Å². The number of nitriles is 1. The third kappa shape index (κ3) is 5.97. The number of aryl methyl sites for hydroxylation is 1. The summed E-state index contributed by atoms with van der Waals surface area (Å²) in [7, 11) is -1.55. The molecule has 9 heteroatoms.